The largest absolute Gasteiger partial charge is 0.455 e. The predicted molar refractivity (Wildman–Crippen MR) is 68.9 cm³/mol. The van der Waals surface area contributed by atoms with Gasteiger partial charge in [-0.15, -0.1) is 0 Å². The van der Waals surface area contributed by atoms with E-state index in [1.807, 2.05) is 0 Å². The number of ether oxygens (including phenoxy) is 1. The molecule has 0 aliphatic heterocycles. The average molecular weight is 287 g/mol. The SMILES string of the molecule is OCc1cc(F)ccc1Oc1cc(Cl)ccc1Cl. The van der Waals surface area contributed by atoms with Gasteiger partial charge in [0.15, 0.2) is 0 Å². The van der Waals surface area contributed by atoms with Crippen LogP contribution in [0.15, 0.2) is 36.4 Å². The lowest BCUT2D eigenvalue weighted by atomic mass is 10.2. The van der Waals surface area contributed by atoms with E-state index in [0.29, 0.717) is 27.1 Å². The number of benzene rings is 2. The molecule has 1 N–H and O–H groups in total. The first-order valence-electron chi connectivity index (χ1n) is 5.12. The van der Waals surface area contributed by atoms with Crippen molar-refractivity contribution in [3.8, 4) is 11.5 Å². The summed E-state index contributed by atoms with van der Waals surface area (Å²) in [5.41, 5.74) is 0.339. The zero-order valence-corrected chi connectivity index (χ0v) is 10.7. The maximum absolute atomic E-state index is 13.0. The highest BCUT2D eigenvalue weighted by molar-refractivity contribution is 6.34. The van der Waals surface area contributed by atoms with Gasteiger partial charge in [0.2, 0.25) is 0 Å². The van der Waals surface area contributed by atoms with Crippen LogP contribution in [0, 0.1) is 5.82 Å². The monoisotopic (exact) mass is 286 g/mol. The first-order valence-corrected chi connectivity index (χ1v) is 5.88. The molecule has 2 rings (SSSR count). The van der Waals surface area contributed by atoms with Gasteiger partial charge in [-0.1, -0.05) is 23.2 Å². The van der Waals surface area contributed by atoms with E-state index in [-0.39, 0.29) is 6.61 Å². The van der Waals surface area contributed by atoms with Crippen LogP contribution in [0.3, 0.4) is 0 Å². The Hall–Kier alpha value is -1.29. The van der Waals surface area contributed by atoms with Crippen molar-refractivity contribution >= 4 is 23.2 Å². The molecule has 2 aromatic rings. The summed E-state index contributed by atoms with van der Waals surface area (Å²) in [7, 11) is 0. The van der Waals surface area contributed by atoms with Crippen LogP contribution < -0.4 is 4.74 Å². The summed E-state index contributed by atoms with van der Waals surface area (Å²) in [5.74, 6) is 0.247. The van der Waals surface area contributed by atoms with Gasteiger partial charge in [0, 0.05) is 16.7 Å². The van der Waals surface area contributed by atoms with E-state index in [4.69, 9.17) is 33.0 Å². The van der Waals surface area contributed by atoms with Crippen molar-refractivity contribution in [1.29, 1.82) is 0 Å². The standard InChI is InChI=1S/C13H9Cl2FO2/c14-9-1-3-11(15)13(6-9)18-12-4-2-10(16)5-8(12)7-17/h1-6,17H,7H2. The van der Waals surface area contributed by atoms with Crippen LogP contribution in [0.1, 0.15) is 5.56 Å². The van der Waals surface area contributed by atoms with E-state index < -0.39 is 5.82 Å². The molecule has 0 atom stereocenters. The van der Waals surface area contributed by atoms with Crippen LogP contribution in [0.5, 0.6) is 11.5 Å². The molecule has 0 aliphatic carbocycles. The molecular formula is C13H9Cl2FO2. The minimum Gasteiger partial charge on any atom is -0.455 e. The molecule has 5 heteroatoms. The maximum atomic E-state index is 13.0. The summed E-state index contributed by atoms with van der Waals surface area (Å²) in [4.78, 5) is 0. The van der Waals surface area contributed by atoms with Gasteiger partial charge >= 0.3 is 0 Å². The van der Waals surface area contributed by atoms with Crippen LogP contribution in [-0.4, -0.2) is 5.11 Å². The van der Waals surface area contributed by atoms with Crippen LogP contribution >= 0.6 is 23.2 Å². The van der Waals surface area contributed by atoms with Crippen molar-refractivity contribution in [2.75, 3.05) is 0 Å². The molecule has 0 fully saturated rings. The second-order valence-corrected chi connectivity index (χ2v) is 4.43. The Balaban J connectivity index is 2.36. The van der Waals surface area contributed by atoms with E-state index in [2.05, 4.69) is 0 Å². The Bertz CT molecular complexity index is 573. The quantitative estimate of drug-likeness (QED) is 0.905. The number of aliphatic hydroxyl groups is 1. The number of halogens is 3. The van der Waals surface area contributed by atoms with Crippen molar-refractivity contribution < 1.29 is 14.2 Å². The number of rotatable bonds is 3. The number of hydrogen-bond acceptors (Lipinski definition) is 2. The van der Waals surface area contributed by atoms with Gasteiger partial charge in [-0.05, 0) is 30.3 Å². The second kappa shape index (κ2) is 5.57. The molecule has 0 spiro atoms. The van der Waals surface area contributed by atoms with E-state index in [1.165, 1.54) is 18.2 Å². The Morgan fingerprint density at radius 1 is 1.06 bits per heavy atom. The molecule has 94 valence electrons. The highest BCUT2D eigenvalue weighted by atomic mass is 35.5. The summed E-state index contributed by atoms with van der Waals surface area (Å²) in [6, 6.07) is 8.66. The third kappa shape index (κ3) is 2.93. The van der Waals surface area contributed by atoms with Gasteiger partial charge in [-0.3, -0.25) is 0 Å². The van der Waals surface area contributed by atoms with Crippen molar-refractivity contribution in [3.63, 3.8) is 0 Å². The summed E-state index contributed by atoms with van der Waals surface area (Å²) in [6.07, 6.45) is 0. The molecule has 0 unspecified atom stereocenters. The molecular weight excluding hydrogens is 278 g/mol. The van der Waals surface area contributed by atoms with Crippen LogP contribution in [-0.2, 0) is 6.61 Å². The third-order valence-electron chi connectivity index (χ3n) is 2.31. The first-order chi connectivity index (χ1) is 8.60. The zero-order valence-electron chi connectivity index (χ0n) is 9.16. The summed E-state index contributed by atoms with van der Waals surface area (Å²) in [6.45, 7) is -0.328. The van der Waals surface area contributed by atoms with Gasteiger partial charge in [-0.25, -0.2) is 4.39 Å². The molecule has 0 radical (unpaired) electrons. The first kappa shape index (κ1) is 13.1. The number of hydrogen-bond donors (Lipinski definition) is 1. The van der Waals surface area contributed by atoms with Gasteiger partial charge in [0.1, 0.15) is 17.3 Å². The molecule has 2 nitrogen and oxygen atoms in total. The molecule has 0 aliphatic rings. The minimum atomic E-state index is -0.441. The lowest BCUT2D eigenvalue weighted by molar-refractivity contribution is 0.276. The van der Waals surface area contributed by atoms with Crippen molar-refractivity contribution in [3.05, 3.63) is 57.8 Å². The fourth-order valence-corrected chi connectivity index (χ4v) is 1.76. The highest BCUT2D eigenvalue weighted by Crippen LogP contribution is 2.33. The number of aliphatic hydroxyl groups excluding tert-OH is 1. The summed E-state index contributed by atoms with van der Waals surface area (Å²) in [5, 5.41) is 10.00. The maximum Gasteiger partial charge on any atom is 0.147 e. The van der Waals surface area contributed by atoms with Crippen molar-refractivity contribution in [2.24, 2.45) is 0 Å². The Morgan fingerprint density at radius 2 is 1.83 bits per heavy atom. The molecule has 0 heterocycles. The van der Waals surface area contributed by atoms with Gasteiger partial charge in [0.25, 0.3) is 0 Å². The van der Waals surface area contributed by atoms with Crippen LogP contribution in [0.4, 0.5) is 4.39 Å². The van der Waals surface area contributed by atoms with Crippen molar-refractivity contribution in [1.82, 2.24) is 0 Å². The lowest BCUT2D eigenvalue weighted by Gasteiger charge is -2.11. The Kier molecular flexibility index (Phi) is 4.07. The fourth-order valence-electron chi connectivity index (χ4n) is 1.45. The summed E-state index contributed by atoms with van der Waals surface area (Å²) >= 11 is 11.8. The van der Waals surface area contributed by atoms with Gasteiger partial charge < -0.3 is 9.84 Å². The normalized spacial score (nSPS) is 10.4. The average Bonchev–Trinajstić information content (AvgIpc) is 2.36. The molecule has 0 aromatic heterocycles. The van der Waals surface area contributed by atoms with E-state index in [9.17, 15) is 4.39 Å². The molecule has 0 saturated heterocycles. The summed E-state index contributed by atoms with van der Waals surface area (Å²) < 4.78 is 18.5. The fraction of sp³-hybridized carbons (Fsp3) is 0.0769. The second-order valence-electron chi connectivity index (χ2n) is 3.59. The van der Waals surface area contributed by atoms with Crippen LogP contribution in [0.25, 0.3) is 0 Å². The Labute approximate surface area is 114 Å². The molecule has 18 heavy (non-hydrogen) atoms. The van der Waals surface area contributed by atoms with Gasteiger partial charge in [-0.2, -0.15) is 0 Å². The topological polar surface area (TPSA) is 29.5 Å². The predicted octanol–water partition coefficient (Wildman–Crippen LogP) is 4.42. The minimum absolute atomic E-state index is 0.328. The van der Waals surface area contributed by atoms with Gasteiger partial charge in [0.05, 0.1) is 11.6 Å². The smallest absolute Gasteiger partial charge is 0.147 e. The van der Waals surface area contributed by atoms with E-state index in [0.717, 1.165) is 0 Å². The Morgan fingerprint density at radius 3 is 2.56 bits per heavy atom. The zero-order chi connectivity index (χ0) is 13.1. The lowest BCUT2D eigenvalue weighted by Crippen LogP contribution is -1.93. The molecule has 0 amide bonds. The molecule has 0 saturated carbocycles. The molecule has 2 aromatic carbocycles. The van der Waals surface area contributed by atoms with Crippen LogP contribution in [0.2, 0.25) is 10.0 Å². The molecule has 0 bridgehead atoms. The highest BCUT2D eigenvalue weighted by Gasteiger charge is 2.09. The van der Waals surface area contributed by atoms with E-state index in [1.54, 1.807) is 18.2 Å². The van der Waals surface area contributed by atoms with E-state index >= 15 is 0 Å². The van der Waals surface area contributed by atoms with Crippen molar-refractivity contribution in [2.45, 2.75) is 6.61 Å². The third-order valence-corrected chi connectivity index (χ3v) is 2.85.